The molecule has 7 nitrogen and oxygen atoms in total. The van der Waals surface area contributed by atoms with Gasteiger partial charge in [-0.2, -0.15) is 13.2 Å². The summed E-state index contributed by atoms with van der Waals surface area (Å²) in [6, 6.07) is 8.45. The van der Waals surface area contributed by atoms with E-state index in [4.69, 9.17) is 4.42 Å². The Kier molecular flexibility index (Phi) is 7.47. The van der Waals surface area contributed by atoms with Crippen LogP contribution in [0.4, 0.5) is 19.1 Å². The average molecular weight is 490 g/mol. The number of aromatic nitrogens is 3. The van der Waals surface area contributed by atoms with Gasteiger partial charge < -0.3 is 14.6 Å². The van der Waals surface area contributed by atoms with E-state index in [2.05, 4.69) is 32.3 Å². The standard InChI is InChI=1S/C23H22F3N5O2S/c24-23(25,26)18-8-3-6-17(14-18)7-4-10-27-20(32)16-34-22-29-28-21(30-11-1-2-12-30)31(22)15-19-9-5-13-33-19/h3,5-6,8-9,13-14H,1-2,10-12,15-16H2,(H,27,32). The highest BCUT2D eigenvalue weighted by atomic mass is 32.2. The van der Waals surface area contributed by atoms with Crippen LogP contribution >= 0.6 is 11.8 Å². The fourth-order valence-corrected chi connectivity index (χ4v) is 4.24. The molecule has 4 rings (SSSR count). The van der Waals surface area contributed by atoms with E-state index in [1.165, 1.54) is 23.9 Å². The summed E-state index contributed by atoms with van der Waals surface area (Å²) < 4.78 is 45.8. The normalized spacial score (nSPS) is 13.6. The van der Waals surface area contributed by atoms with Gasteiger partial charge in [-0.25, -0.2) is 0 Å². The molecular formula is C23H22F3N5O2S. The average Bonchev–Trinajstić information content (AvgIpc) is 3.58. The molecule has 1 aliphatic rings. The van der Waals surface area contributed by atoms with E-state index in [0.717, 1.165) is 49.8 Å². The molecule has 0 spiro atoms. The van der Waals surface area contributed by atoms with Crippen LogP contribution in [0.5, 0.6) is 0 Å². The molecule has 0 bridgehead atoms. The molecule has 11 heteroatoms. The van der Waals surface area contributed by atoms with Crippen LogP contribution in [0.3, 0.4) is 0 Å². The monoisotopic (exact) mass is 489 g/mol. The number of anilines is 1. The van der Waals surface area contributed by atoms with Crippen LogP contribution in [0, 0.1) is 11.8 Å². The lowest BCUT2D eigenvalue weighted by atomic mass is 10.1. The van der Waals surface area contributed by atoms with Crippen molar-refractivity contribution in [2.45, 2.75) is 30.7 Å². The van der Waals surface area contributed by atoms with Crippen molar-refractivity contribution in [1.29, 1.82) is 0 Å². The topological polar surface area (TPSA) is 76.2 Å². The lowest BCUT2D eigenvalue weighted by molar-refractivity contribution is -0.137. The summed E-state index contributed by atoms with van der Waals surface area (Å²) in [7, 11) is 0. The maximum atomic E-state index is 12.8. The number of rotatable bonds is 7. The minimum absolute atomic E-state index is 0.0216. The highest BCUT2D eigenvalue weighted by molar-refractivity contribution is 7.99. The Balaban J connectivity index is 1.33. The number of hydrogen-bond donors (Lipinski definition) is 1. The van der Waals surface area contributed by atoms with Gasteiger partial charge in [-0.15, -0.1) is 10.2 Å². The predicted molar refractivity (Wildman–Crippen MR) is 121 cm³/mol. The molecule has 0 saturated carbocycles. The molecule has 1 fully saturated rings. The number of furan rings is 1. The highest BCUT2D eigenvalue weighted by Gasteiger charge is 2.30. The summed E-state index contributed by atoms with van der Waals surface area (Å²) in [6.45, 7) is 2.30. The van der Waals surface area contributed by atoms with Gasteiger partial charge in [0, 0.05) is 18.7 Å². The number of thioether (sulfide) groups is 1. The molecule has 0 radical (unpaired) electrons. The summed E-state index contributed by atoms with van der Waals surface area (Å²) in [6.07, 6.45) is -0.620. The van der Waals surface area contributed by atoms with Crippen LogP contribution in [-0.2, 0) is 17.5 Å². The Hall–Kier alpha value is -3.39. The number of alkyl halides is 3. The molecule has 2 aromatic heterocycles. The van der Waals surface area contributed by atoms with Crippen molar-refractivity contribution >= 4 is 23.6 Å². The molecule has 0 aliphatic carbocycles. The molecule has 34 heavy (non-hydrogen) atoms. The van der Waals surface area contributed by atoms with E-state index in [9.17, 15) is 18.0 Å². The molecule has 3 heterocycles. The molecule has 1 N–H and O–H groups in total. The van der Waals surface area contributed by atoms with Crippen LogP contribution in [0.15, 0.2) is 52.2 Å². The Morgan fingerprint density at radius 1 is 1.18 bits per heavy atom. The second kappa shape index (κ2) is 10.7. The lowest BCUT2D eigenvalue weighted by Gasteiger charge is -2.17. The number of amides is 1. The molecule has 0 unspecified atom stereocenters. The zero-order chi connectivity index (χ0) is 24.0. The number of nitrogens with zero attached hydrogens (tertiary/aromatic N) is 4. The third-order valence-electron chi connectivity index (χ3n) is 5.11. The summed E-state index contributed by atoms with van der Waals surface area (Å²) in [5.41, 5.74) is -0.523. The maximum absolute atomic E-state index is 12.8. The summed E-state index contributed by atoms with van der Waals surface area (Å²) >= 11 is 1.25. The number of carbonyl (C=O) groups excluding carboxylic acids is 1. The Labute approximate surface area is 198 Å². The third kappa shape index (κ3) is 6.14. The van der Waals surface area contributed by atoms with E-state index in [-0.39, 0.29) is 23.8 Å². The van der Waals surface area contributed by atoms with Crippen molar-refractivity contribution in [2.75, 3.05) is 30.3 Å². The van der Waals surface area contributed by atoms with Crippen LogP contribution in [0.2, 0.25) is 0 Å². The Morgan fingerprint density at radius 2 is 2.00 bits per heavy atom. The Morgan fingerprint density at radius 3 is 2.74 bits per heavy atom. The number of nitrogens with one attached hydrogen (secondary N) is 1. The maximum Gasteiger partial charge on any atom is 0.416 e. The van der Waals surface area contributed by atoms with Gasteiger partial charge in [-0.1, -0.05) is 29.7 Å². The van der Waals surface area contributed by atoms with Gasteiger partial charge in [0.05, 0.1) is 30.7 Å². The first kappa shape index (κ1) is 23.8. The number of benzene rings is 1. The quantitative estimate of drug-likeness (QED) is 0.402. The third-order valence-corrected chi connectivity index (χ3v) is 6.08. The van der Waals surface area contributed by atoms with E-state index in [1.54, 1.807) is 6.26 Å². The molecule has 178 valence electrons. The molecule has 0 atom stereocenters. The van der Waals surface area contributed by atoms with Crippen molar-refractivity contribution in [3.63, 3.8) is 0 Å². The molecule has 3 aromatic rings. The van der Waals surface area contributed by atoms with Gasteiger partial charge in [0.2, 0.25) is 11.9 Å². The second-order valence-corrected chi connectivity index (χ2v) is 8.53. The van der Waals surface area contributed by atoms with E-state index in [0.29, 0.717) is 11.7 Å². The summed E-state index contributed by atoms with van der Waals surface area (Å²) in [4.78, 5) is 14.4. The van der Waals surface area contributed by atoms with E-state index >= 15 is 0 Å². The number of carbonyl (C=O) groups is 1. The second-order valence-electron chi connectivity index (χ2n) is 7.59. The van der Waals surface area contributed by atoms with Crippen molar-refractivity contribution in [1.82, 2.24) is 20.1 Å². The van der Waals surface area contributed by atoms with E-state index < -0.39 is 11.7 Å². The van der Waals surface area contributed by atoms with Gasteiger partial charge in [0.15, 0.2) is 5.16 Å². The zero-order valence-electron chi connectivity index (χ0n) is 18.1. The van der Waals surface area contributed by atoms with Crippen molar-refractivity contribution < 1.29 is 22.4 Å². The van der Waals surface area contributed by atoms with Gasteiger partial charge in [0.25, 0.3) is 0 Å². The van der Waals surface area contributed by atoms with Crippen LogP contribution in [-0.4, -0.2) is 46.1 Å². The van der Waals surface area contributed by atoms with Gasteiger partial charge in [0.1, 0.15) is 5.76 Å². The molecule has 1 amide bonds. The molecule has 1 aliphatic heterocycles. The SMILES string of the molecule is O=C(CSc1nnc(N2CCCC2)n1Cc1ccco1)NCC#Cc1cccc(C(F)(F)F)c1. The van der Waals surface area contributed by atoms with Crippen molar-refractivity contribution in [3.8, 4) is 11.8 Å². The number of halogens is 3. The highest BCUT2D eigenvalue weighted by Crippen LogP contribution is 2.29. The minimum Gasteiger partial charge on any atom is -0.467 e. The van der Waals surface area contributed by atoms with Gasteiger partial charge in [-0.3, -0.25) is 9.36 Å². The largest absolute Gasteiger partial charge is 0.467 e. The van der Waals surface area contributed by atoms with Crippen LogP contribution in [0.1, 0.15) is 29.7 Å². The fourth-order valence-electron chi connectivity index (χ4n) is 3.48. The number of hydrogen-bond acceptors (Lipinski definition) is 6. The first-order valence-electron chi connectivity index (χ1n) is 10.7. The van der Waals surface area contributed by atoms with Gasteiger partial charge in [-0.05, 0) is 43.2 Å². The smallest absolute Gasteiger partial charge is 0.416 e. The Bertz CT molecular complexity index is 1180. The zero-order valence-corrected chi connectivity index (χ0v) is 19.0. The van der Waals surface area contributed by atoms with E-state index in [1.807, 2.05) is 16.7 Å². The first-order valence-corrected chi connectivity index (χ1v) is 11.6. The fraction of sp³-hybridized carbons (Fsp3) is 0.348. The van der Waals surface area contributed by atoms with Crippen LogP contribution < -0.4 is 10.2 Å². The summed E-state index contributed by atoms with van der Waals surface area (Å²) in [5, 5.41) is 11.9. The van der Waals surface area contributed by atoms with Crippen LogP contribution in [0.25, 0.3) is 0 Å². The molecule has 1 aromatic carbocycles. The molecule has 1 saturated heterocycles. The lowest BCUT2D eigenvalue weighted by Crippen LogP contribution is -2.25. The summed E-state index contributed by atoms with van der Waals surface area (Å²) in [5.74, 6) is 6.67. The van der Waals surface area contributed by atoms with Gasteiger partial charge >= 0.3 is 6.18 Å². The van der Waals surface area contributed by atoms with Crippen molar-refractivity contribution in [2.24, 2.45) is 0 Å². The predicted octanol–water partition coefficient (Wildman–Crippen LogP) is 3.80. The first-order chi connectivity index (χ1) is 16.4. The minimum atomic E-state index is -4.42. The van der Waals surface area contributed by atoms with Crippen molar-refractivity contribution in [3.05, 3.63) is 59.5 Å². The molecular weight excluding hydrogens is 467 g/mol.